The van der Waals surface area contributed by atoms with E-state index in [1.165, 1.54) is 14.2 Å². The third-order valence-corrected chi connectivity index (χ3v) is 8.59. The third kappa shape index (κ3) is 6.66. The number of esters is 2. The number of carbonyl (C=O) groups is 3. The average molecular weight is 706 g/mol. The fraction of sp³-hybridized carbons (Fsp3) is 0.324. The lowest BCUT2D eigenvalue weighted by Gasteiger charge is -2.19. The maximum absolute atomic E-state index is 12.4. The number of ketones is 1. The molecule has 6 rings (SSSR count). The van der Waals surface area contributed by atoms with Gasteiger partial charge in [-0.25, -0.2) is 19.6 Å². The molecule has 4 aromatic rings. The molecule has 13 heteroatoms. The van der Waals surface area contributed by atoms with Crippen LogP contribution < -0.4 is 10.1 Å². The molecule has 1 N–H and O–H groups in total. The Labute approximate surface area is 281 Å². The Kier molecular flexibility index (Phi) is 9.85. The first-order chi connectivity index (χ1) is 22.5. The number of nitrogens with zero attached hydrogens (tertiary/aromatic N) is 5. The molecule has 0 fully saturated rings. The van der Waals surface area contributed by atoms with Crippen LogP contribution in [-0.4, -0.2) is 77.1 Å². The molecule has 2 aliphatic carbocycles. The molecule has 0 amide bonds. The smallest absolute Gasteiger partial charge is 0.339 e. The quantitative estimate of drug-likeness (QED) is 0.209. The largest absolute Gasteiger partial charge is 0.495 e. The predicted molar refractivity (Wildman–Crippen MR) is 180 cm³/mol. The van der Waals surface area contributed by atoms with Crippen LogP contribution in [0, 0.1) is 0 Å². The minimum absolute atomic E-state index is 0.00685. The number of anilines is 2. The van der Waals surface area contributed by atoms with E-state index in [2.05, 4.69) is 26.2 Å². The predicted octanol–water partition coefficient (Wildman–Crippen LogP) is 5.27. The molecule has 0 unspecified atom stereocenters. The number of methoxy groups -OCH3 is 3. The third-order valence-electron chi connectivity index (χ3n) is 8.09. The van der Waals surface area contributed by atoms with E-state index in [4.69, 9.17) is 19.2 Å². The molecule has 0 saturated carbocycles. The zero-order valence-corrected chi connectivity index (χ0v) is 29.0. The van der Waals surface area contributed by atoms with Gasteiger partial charge in [-0.3, -0.25) is 4.79 Å². The fourth-order valence-corrected chi connectivity index (χ4v) is 6.34. The van der Waals surface area contributed by atoms with Crippen LogP contribution >= 0.6 is 15.9 Å². The second-order valence-electron chi connectivity index (χ2n) is 11.4. The van der Waals surface area contributed by atoms with Crippen molar-refractivity contribution in [3.05, 3.63) is 86.5 Å². The highest BCUT2D eigenvalue weighted by Gasteiger charge is 2.31. The standard InChI is InChI=1S/C20H19BrN4O3.C14H18N2O3/c1-25-10-14(19(26)28-3)13-6-4-11-9-22-20(24-17(11)18(13)25)23-15-7-5-12(21)8-16(15)27-2;1-15(2)7-9-5-6-10-11(14(18)19-4)8-16(3)12(10)13(9)17/h5,7-10H,4,6H2,1-3H3,(H,22,23,24);7-8H,5-6H2,1-4H3/b;9-7+. The summed E-state index contributed by atoms with van der Waals surface area (Å²) >= 11 is 3.44. The first-order valence-corrected chi connectivity index (χ1v) is 15.7. The van der Waals surface area contributed by atoms with E-state index in [0.717, 1.165) is 56.7 Å². The van der Waals surface area contributed by atoms with Gasteiger partial charge in [0.2, 0.25) is 11.7 Å². The maximum atomic E-state index is 12.4. The van der Waals surface area contributed by atoms with Crippen molar-refractivity contribution in [3.8, 4) is 17.1 Å². The molecule has 47 heavy (non-hydrogen) atoms. The highest BCUT2D eigenvalue weighted by atomic mass is 79.9. The number of ether oxygens (including phenoxy) is 3. The molecule has 0 aliphatic heterocycles. The first-order valence-electron chi connectivity index (χ1n) is 14.9. The molecule has 0 bridgehead atoms. The highest BCUT2D eigenvalue weighted by molar-refractivity contribution is 9.10. The van der Waals surface area contributed by atoms with Crippen LogP contribution in [0.25, 0.3) is 11.4 Å². The van der Waals surface area contributed by atoms with Crippen molar-refractivity contribution in [2.75, 3.05) is 40.7 Å². The topological polar surface area (TPSA) is 130 Å². The van der Waals surface area contributed by atoms with Crippen LogP contribution in [0.4, 0.5) is 11.6 Å². The van der Waals surface area contributed by atoms with Crippen LogP contribution in [0.2, 0.25) is 0 Å². The van der Waals surface area contributed by atoms with E-state index >= 15 is 0 Å². The number of Topliss-reactive ketones (excluding diaryl/α,β-unsaturated/α-hetero) is 1. The number of hydrogen-bond acceptors (Lipinski definition) is 10. The van der Waals surface area contributed by atoms with Crippen LogP contribution in [0.3, 0.4) is 0 Å². The van der Waals surface area contributed by atoms with Gasteiger partial charge >= 0.3 is 11.9 Å². The summed E-state index contributed by atoms with van der Waals surface area (Å²) in [6, 6.07) is 5.69. The zero-order chi connectivity index (χ0) is 34.0. The number of rotatable bonds is 6. The van der Waals surface area contributed by atoms with Crippen molar-refractivity contribution in [1.29, 1.82) is 0 Å². The number of aryl methyl sites for hydroxylation is 3. The number of benzene rings is 1. The SMILES string of the molecule is COC(=O)c1cn(C)c2c1CC/C(=C\N(C)C)C2=O.COC(=O)c1cn(C)c2c1CCc1cnc(Nc3ccc(Br)cc3OC)nc1-2. The zero-order valence-electron chi connectivity index (χ0n) is 27.4. The van der Waals surface area contributed by atoms with E-state index in [9.17, 15) is 14.4 Å². The lowest BCUT2D eigenvalue weighted by Crippen LogP contribution is -2.19. The normalized spacial score (nSPS) is 13.9. The highest BCUT2D eigenvalue weighted by Crippen LogP contribution is 2.37. The second kappa shape index (κ2) is 13.8. The fourth-order valence-electron chi connectivity index (χ4n) is 6.00. The summed E-state index contributed by atoms with van der Waals surface area (Å²) in [6.07, 6.45) is 10.0. The van der Waals surface area contributed by atoms with Crippen molar-refractivity contribution >= 4 is 45.3 Å². The monoisotopic (exact) mass is 704 g/mol. The van der Waals surface area contributed by atoms with E-state index in [-0.39, 0.29) is 17.7 Å². The van der Waals surface area contributed by atoms with Crippen molar-refractivity contribution < 1.29 is 28.6 Å². The molecule has 12 nitrogen and oxygen atoms in total. The molecule has 2 aliphatic rings. The summed E-state index contributed by atoms with van der Waals surface area (Å²) < 4.78 is 19.7. The van der Waals surface area contributed by atoms with Crippen molar-refractivity contribution in [3.63, 3.8) is 0 Å². The first kappa shape index (κ1) is 33.5. The number of aromatic nitrogens is 4. The van der Waals surface area contributed by atoms with Crippen LogP contribution in [0.15, 0.2) is 53.0 Å². The minimum Gasteiger partial charge on any atom is -0.495 e. The maximum Gasteiger partial charge on any atom is 0.339 e. The Hall–Kier alpha value is -4.91. The van der Waals surface area contributed by atoms with Crippen molar-refractivity contribution in [1.82, 2.24) is 24.0 Å². The van der Waals surface area contributed by atoms with Gasteiger partial charge in [-0.2, -0.15) is 0 Å². The van der Waals surface area contributed by atoms with Gasteiger partial charge < -0.3 is 33.6 Å². The lowest BCUT2D eigenvalue weighted by molar-refractivity contribution is 0.0590. The van der Waals surface area contributed by atoms with Gasteiger partial charge in [0, 0.05) is 63.0 Å². The molecule has 0 atom stereocenters. The lowest BCUT2D eigenvalue weighted by atomic mass is 9.90. The van der Waals surface area contributed by atoms with Gasteiger partial charge in [0.05, 0.1) is 55.2 Å². The number of nitrogens with one attached hydrogen (secondary N) is 1. The summed E-state index contributed by atoms with van der Waals surface area (Å²) in [5.41, 5.74) is 7.80. The molecule has 0 radical (unpaired) electrons. The van der Waals surface area contributed by atoms with E-state index < -0.39 is 0 Å². The number of hydrogen-bond donors (Lipinski definition) is 1. The Morgan fingerprint density at radius 1 is 0.936 bits per heavy atom. The van der Waals surface area contributed by atoms with Crippen molar-refractivity contribution in [2.45, 2.75) is 25.7 Å². The molecule has 1 aromatic carbocycles. The van der Waals surface area contributed by atoms with Crippen LogP contribution in [-0.2, 0) is 42.8 Å². The van der Waals surface area contributed by atoms with E-state index in [1.807, 2.05) is 61.2 Å². The van der Waals surface area contributed by atoms with E-state index in [1.54, 1.807) is 31.1 Å². The summed E-state index contributed by atoms with van der Waals surface area (Å²) in [4.78, 5) is 47.3. The molecular weight excluding hydrogens is 668 g/mol. The Bertz CT molecular complexity index is 1910. The summed E-state index contributed by atoms with van der Waals surface area (Å²) in [5, 5.41) is 3.22. The van der Waals surface area contributed by atoms with E-state index in [0.29, 0.717) is 41.4 Å². The van der Waals surface area contributed by atoms with Gasteiger partial charge in [-0.15, -0.1) is 0 Å². The van der Waals surface area contributed by atoms with Gasteiger partial charge in [-0.05, 0) is 60.6 Å². The Morgan fingerprint density at radius 2 is 1.55 bits per heavy atom. The molecule has 0 saturated heterocycles. The second-order valence-corrected chi connectivity index (χ2v) is 12.3. The number of allylic oxidation sites excluding steroid dienone is 1. The molecule has 246 valence electrons. The number of halogens is 1. The molecular formula is C34H37BrN6O6. The number of fused-ring (bicyclic) bond motifs is 4. The molecule has 3 heterocycles. The van der Waals surface area contributed by atoms with Gasteiger partial charge in [0.25, 0.3) is 0 Å². The summed E-state index contributed by atoms with van der Waals surface area (Å²) in [6.45, 7) is 0. The minimum atomic E-state index is -0.385. The Morgan fingerprint density at radius 3 is 2.17 bits per heavy atom. The van der Waals surface area contributed by atoms with Gasteiger partial charge in [-0.1, -0.05) is 15.9 Å². The van der Waals surface area contributed by atoms with Gasteiger partial charge in [0.15, 0.2) is 0 Å². The van der Waals surface area contributed by atoms with Gasteiger partial charge in [0.1, 0.15) is 5.75 Å². The van der Waals surface area contributed by atoms with Crippen LogP contribution in [0.5, 0.6) is 5.75 Å². The van der Waals surface area contributed by atoms with Crippen molar-refractivity contribution in [2.24, 2.45) is 14.1 Å². The summed E-state index contributed by atoms with van der Waals surface area (Å²) in [5.74, 6) is 0.431. The average Bonchev–Trinajstić information content (AvgIpc) is 3.59. The summed E-state index contributed by atoms with van der Waals surface area (Å²) in [7, 11) is 11.8. The Balaban J connectivity index is 0.000000199. The molecule has 3 aromatic heterocycles. The van der Waals surface area contributed by atoms with Crippen LogP contribution in [0.1, 0.15) is 54.3 Å². The molecule has 0 spiro atoms. The number of carbonyl (C=O) groups excluding carboxylic acids is 3.